The topological polar surface area (TPSA) is 72.2 Å². The largest absolute Gasteiger partial charge is 0.349 e. The SMILES string of the molecule is O=C(/C=C/c1ccc([N+](=O)[O-])cc1)NC1C2CC3CC(C2)CC1C3. The standard InChI is InChI=1S/C19H22N2O3/c22-18(6-3-12-1-4-17(5-2-12)21(23)24)20-19-15-8-13-7-14(10-15)11-16(19)9-13/h1-6,13-16,19H,7-11H2,(H,20,22)/b6-3+. The van der Waals surface area contributed by atoms with Crippen molar-refractivity contribution in [3.63, 3.8) is 0 Å². The van der Waals surface area contributed by atoms with Crippen molar-refractivity contribution in [2.24, 2.45) is 23.7 Å². The van der Waals surface area contributed by atoms with Gasteiger partial charge in [-0.15, -0.1) is 0 Å². The van der Waals surface area contributed by atoms with Crippen molar-refractivity contribution in [2.75, 3.05) is 0 Å². The van der Waals surface area contributed by atoms with E-state index in [0.717, 1.165) is 17.4 Å². The zero-order chi connectivity index (χ0) is 16.7. The summed E-state index contributed by atoms with van der Waals surface area (Å²) in [7, 11) is 0. The van der Waals surface area contributed by atoms with Crippen molar-refractivity contribution in [1.82, 2.24) is 5.32 Å². The molecule has 1 aromatic carbocycles. The van der Waals surface area contributed by atoms with Gasteiger partial charge in [-0.25, -0.2) is 0 Å². The average molecular weight is 326 g/mol. The molecule has 0 heterocycles. The van der Waals surface area contributed by atoms with Crippen molar-refractivity contribution >= 4 is 17.7 Å². The number of benzene rings is 1. The number of non-ortho nitro benzene ring substituents is 1. The van der Waals surface area contributed by atoms with Crippen LogP contribution in [0.15, 0.2) is 30.3 Å². The molecule has 0 spiro atoms. The second-order valence-corrected chi connectivity index (χ2v) is 7.65. The van der Waals surface area contributed by atoms with E-state index >= 15 is 0 Å². The Hall–Kier alpha value is -2.17. The fourth-order valence-corrected chi connectivity index (χ4v) is 5.25. The zero-order valence-corrected chi connectivity index (χ0v) is 13.6. The molecule has 5 heteroatoms. The summed E-state index contributed by atoms with van der Waals surface area (Å²) < 4.78 is 0. The Morgan fingerprint density at radius 3 is 2.17 bits per heavy atom. The van der Waals surface area contributed by atoms with Gasteiger partial charge in [-0.3, -0.25) is 14.9 Å². The summed E-state index contributed by atoms with van der Waals surface area (Å²) in [4.78, 5) is 22.5. The van der Waals surface area contributed by atoms with E-state index in [1.807, 2.05) is 0 Å². The molecular formula is C19H22N2O3. The monoisotopic (exact) mass is 326 g/mol. The van der Waals surface area contributed by atoms with E-state index in [4.69, 9.17) is 0 Å². The van der Waals surface area contributed by atoms with Gasteiger partial charge in [0, 0.05) is 24.3 Å². The van der Waals surface area contributed by atoms with Gasteiger partial charge < -0.3 is 5.32 Å². The lowest BCUT2D eigenvalue weighted by atomic mass is 9.54. The van der Waals surface area contributed by atoms with Crippen LogP contribution in [0.2, 0.25) is 0 Å². The first-order chi connectivity index (χ1) is 11.6. The van der Waals surface area contributed by atoms with Crippen molar-refractivity contribution < 1.29 is 9.72 Å². The summed E-state index contributed by atoms with van der Waals surface area (Å²) in [5.74, 6) is 3.08. The molecule has 5 nitrogen and oxygen atoms in total. The van der Waals surface area contributed by atoms with Gasteiger partial charge in [-0.05, 0) is 79.5 Å². The number of amides is 1. The Bertz CT molecular complexity index is 652. The summed E-state index contributed by atoms with van der Waals surface area (Å²) in [6.45, 7) is 0. The first kappa shape index (κ1) is 15.4. The van der Waals surface area contributed by atoms with Crippen LogP contribution in [0.4, 0.5) is 5.69 Å². The summed E-state index contributed by atoms with van der Waals surface area (Å²) >= 11 is 0. The molecule has 4 aliphatic rings. The Labute approximate surface area is 141 Å². The number of nitro groups is 1. The van der Waals surface area contributed by atoms with E-state index in [1.54, 1.807) is 24.3 Å². The van der Waals surface area contributed by atoms with Crippen molar-refractivity contribution in [3.05, 3.63) is 46.0 Å². The fourth-order valence-electron chi connectivity index (χ4n) is 5.25. The smallest absolute Gasteiger partial charge is 0.269 e. The van der Waals surface area contributed by atoms with E-state index in [9.17, 15) is 14.9 Å². The lowest BCUT2D eigenvalue weighted by molar-refractivity contribution is -0.384. The molecule has 4 fully saturated rings. The van der Waals surface area contributed by atoms with Gasteiger partial charge >= 0.3 is 0 Å². The first-order valence-corrected chi connectivity index (χ1v) is 8.81. The second kappa shape index (κ2) is 6.04. The number of nitro benzene ring substituents is 1. The van der Waals surface area contributed by atoms with E-state index in [2.05, 4.69) is 5.32 Å². The minimum Gasteiger partial charge on any atom is -0.349 e. The molecule has 4 bridgehead atoms. The highest BCUT2D eigenvalue weighted by atomic mass is 16.6. The van der Waals surface area contributed by atoms with Gasteiger partial charge in [0.1, 0.15) is 0 Å². The van der Waals surface area contributed by atoms with Crippen LogP contribution in [0, 0.1) is 33.8 Å². The second-order valence-electron chi connectivity index (χ2n) is 7.65. The van der Waals surface area contributed by atoms with Crippen molar-refractivity contribution in [3.8, 4) is 0 Å². The highest BCUT2D eigenvalue weighted by molar-refractivity contribution is 5.92. The molecule has 4 aliphatic carbocycles. The maximum absolute atomic E-state index is 12.3. The maximum atomic E-state index is 12.3. The third kappa shape index (κ3) is 2.95. The summed E-state index contributed by atoms with van der Waals surface area (Å²) in [6, 6.07) is 6.56. The van der Waals surface area contributed by atoms with Crippen LogP contribution in [-0.2, 0) is 4.79 Å². The van der Waals surface area contributed by atoms with Gasteiger partial charge in [-0.2, -0.15) is 0 Å². The Balaban J connectivity index is 1.37. The summed E-state index contributed by atoms with van der Waals surface area (Å²) in [5.41, 5.74) is 0.853. The van der Waals surface area contributed by atoms with Crippen LogP contribution >= 0.6 is 0 Å². The Kier molecular flexibility index (Phi) is 3.87. The highest BCUT2D eigenvalue weighted by Gasteiger charge is 2.48. The average Bonchev–Trinajstić information content (AvgIpc) is 2.56. The molecule has 1 aromatic rings. The van der Waals surface area contributed by atoms with Crippen LogP contribution in [0.5, 0.6) is 0 Å². The predicted octanol–water partition coefficient (Wildman–Crippen LogP) is 3.55. The van der Waals surface area contributed by atoms with Gasteiger partial charge in [0.2, 0.25) is 5.91 Å². The third-order valence-corrected chi connectivity index (χ3v) is 6.07. The highest BCUT2D eigenvalue weighted by Crippen LogP contribution is 2.53. The number of hydrogen-bond acceptors (Lipinski definition) is 3. The number of carbonyl (C=O) groups is 1. The molecule has 0 aliphatic heterocycles. The fraction of sp³-hybridized carbons (Fsp3) is 0.526. The molecule has 1 N–H and O–H groups in total. The lowest BCUT2D eigenvalue weighted by Gasteiger charge is -2.54. The van der Waals surface area contributed by atoms with Gasteiger partial charge in [0.25, 0.3) is 5.69 Å². The predicted molar refractivity (Wildman–Crippen MR) is 91.1 cm³/mol. The number of carbonyl (C=O) groups excluding carboxylic acids is 1. The minimum absolute atomic E-state index is 0.0502. The van der Waals surface area contributed by atoms with Crippen molar-refractivity contribution in [1.29, 1.82) is 0 Å². The molecule has 24 heavy (non-hydrogen) atoms. The van der Waals surface area contributed by atoms with Gasteiger partial charge in [-0.1, -0.05) is 0 Å². The van der Waals surface area contributed by atoms with Gasteiger partial charge in [0.05, 0.1) is 4.92 Å². The van der Waals surface area contributed by atoms with Crippen molar-refractivity contribution in [2.45, 2.75) is 38.1 Å². The lowest BCUT2D eigenvalue weighted by Crippen LogP contribution is -2.55. The zero-order valence-electron chi connectivity index (χ0n) is 13.6. The van der Waals surface area contributed by atoms with E-state index in [-0.39, 0.29) is 11.6 Å². The molecule has 0 saturated heterocycles. The normalized spacial score (nSPS) is 33.8. The van der Waals surface area contributed by atoms with Crippen LogP contribution in [0.25, 0.3) is 6.08 Å². The van der Waals surface area contributed by atoms with Crippen LogP contribution in [0.3, 0.4) is 0 Å². The number of nitrogens with one attached hydrogen (secondary N) is 1. The quantitative estimate of drug-likeness (QED) is 0.522. The molecule has 5 rings (SSSR count). The number of rotatable bonds is 4. The molecule has 126 valence electrons. The molecular weight excluding hydrogens is 304 g/mol. The summed E-state index contributed by atoms with van der Waals surface area (Å²) in [6.07, 6.45) is 9.80. The van der Waals surface area contributed by atoms with E-state index < -0.39 is 4.92 Å². The third-order valence-electron chi connectivity index (χ3n) is 6.07. The van der Waals surface area contributed by atoms with E-state index in [0.29, 0.717) is 17.9 Å². The Morgan fingerprint density at radius 2 is 1.62 bits per heavy atom. The minimum atomic E-state index is -0.424. The molecule has 4 saturated carbocycles. The molecule has 0 atom stereocenters. The van der Waals surface area contributed by atoms with Gasteiger partial charge in [0.15, 0.2) is 0 Å². The summed E-state index contributed by atoms with van der Waals surface area (Å²) in [5, 5.41) is 13.9. The maximum Gasteiger partial charge on any atom is 0.269 e. The number of hydrogen-bond donors (Lipinski definition) is 1. The van der Waals surface area contributed by atoms with E-state index in [1.165, 1.54) is 44.2 Å². The van der Waals surface area contributed by atoms with Crippen LogP contribution in [0.1, 0.15) is 37.7 Å². The molecule has 0 unspecified atom stereocenters. The number of nitrogens with zero attached hydrogens (tertiary/aromatic N) is 1. The Morgan fingerprint density at radius 1 is 1.04 bits per heavy atom. The van der Waals surface area contributed by atoms with Crippen LogP contribution in [-0.4, -0.2) is 16.9 Å². The molecule has 0 aromatic heterocycles. The first-order valence-electron chi connectivity index (χ1n) is 8.81. The molecule has 1 amide bonds. The molecule has 0 radical (unpaired) electrons. The van der Waals surface area contributed by atoms with Crippen LogP contribution < -0.4 is 5.32 Å².